The Labute approximate surface area is 99.8 Å². The van der Waals surface area contributed by atoms with E-state index in [1.54, 1.807) is 31.2 Å². The van der Waals surface area contributed by atoms with Crippen molar-refractivity contribution in [2.24, 2.45) is 0 Å². The molecule has 0 saturated heterocycles. The van der Waals surface area contributed by atoms with Crippen molar-refractivity contribution in [3.8, 4) is 0 Å². The summed E-state index contributed by atoms with van der Waals surface area (Å²) in [6.07, 6.45) is -1.39. The van der Waals surface area contributed by atoms with Gasteiger partial charge >= 0.3 is 5.97 Å². The van der Waals surface area contributed by atoms with Gasteiger partial charge in [0.15, 0.2) is 0 Å². The van der Waals surface area contributed by atoms with Gasteiger partial charge < -0.3 is 20.7 Å². The van der Waals surface area contributed by atoms with Crippen LogP contribution in [0.3, 0.4) is 0 Å². The zero-order chi connectivity index (χ0) is 12.8. The molecule has 5 heteroatoms. The molecular formula is C12H17NO4. The maximum absolute atomic E-state index is 11.8. The van der Waals surface area contributed by atoms with Crippen molar-refractivity contribution in [2.45, 2.75) is 25.6 Å². The van der Waals surface area contributed by atoms with Crippen molar-refractivity contribution in [1.29, 1.82) is 0 Å². The first kappa shape index (κ1) is 13.5. The van der Waals surface area contributed by atoms with Gasteiger partial charge in [-0.1, -0.05) is 19.1 Å². The van der Waals surface area contributed by atoms with Gasteiger partial charge in [-0.15, -0.1) is 0 Å². The molecule has 1 rings (SSSR count). The molecular weight excluding hydrogens is 222 g/mol. The van der Waals surface area contributed by atoms with Crippen LogP contribution in [-0.2, 0) is 4.74 Å². The van der Waals surface area contributed by atoms with Gasteiger partial charge in [0.25, 0.3) is 0 Å². The van der Waals surface area contributed by atoms with E-state index >= 15 is 0 Å². The predicted octanol–water partition coefficient (Wildman–Crippen LogP) is 0.557. The first-order valence-corrected chi connectivity index (χ1v) is 5.44. The van der Waals surface area contributed by atoms with E-state index in [-0.39, 0.29) is 5.56 Å². The van der Waals surface area contributed by atoms with Crippen molar-refractivity contribution in [2.75, 3.05) is 12.3 Å². The number of hydrogen-bond donors (Lipinski definition) is 3. The average molecular weight is 239 g/mol. The number of nitrogen functional groups attached to an aromatic ring is 1. The quantitative estimate of drug-likeness (QED) is 0.515. The molecule has 5 nitrogen and oxygen atoms in total. The minimum absolute atomic E-state index is 0.260. The third-order valence-electron chi connectivity index (χ3n) is 2.46. The van der Waals surface area contributed by atoms with Crippen molar-refractivity contribution in [3.63, 3.8) is 0 Å². The average Bonchev–Trinajstić information content (AvgIpc) is 2.35. The Balaban J connectivity index is 2.75. The molecule has 94 valence electrons. The number of anilines is 1. The summed E-state index contributed by atoms with van der Waals surface area (Å²) < 4.78 is 5.09. The van der Waals surface area contributed by atoms with E-state index in [1.165, 1.54) is 0 Å². The molecule has 0 aliphatic heterocycles. The highest BCUT2D eigenvalue weighted by Gasteiger charge is 2.22. The van der Waals surface area contributed by atoms with E-state index in [0.29, 0.717) is 12.1 Å². The molecule has 0 heterocycles. The highest BCUT2D eigenvalue weighted by atomic mass is 16.6. The van der Waals surface area contributed by atoms with Crippen LogP contribution in [-0.4, -0.2) is 35.0 Å². The maximum atomic E-state index is 11.8. The normalized spacial score (nSPS) is 14.1. The molecule has 2 atom stereocenters. The van der Waals surface area contributed by atoms with Crippen LogP contribution < -0.4 is 5.73 Å². The second-order valence-corrected chi connectivity index (χ2v) is 3.69. The summed E-state index contributed by atoms with van der Waals surface area (Å²) in [5, 5.41) is 18.2. The Morgan fingerprint density at radius 1 is 1.47 bits per heavy atom. The number of para-hydroxylation sites is 1. The van der Waals surface area contributed by atoms with Gasteiger partial charge in [-0.25, -0.2) is 4.79 Å². The van der Waals surface area contributed by atoms with Crippen molar-refractivity contribution in [1.82, 2.24) is 0 Å². The SMILES string of the molecule is CCC(OC(=O)c1ccccc1N)C(O)CO. The number of esters is 1. The summed E-state index contributed by atoms with van der Waals surface area (Å²) in [6.45, 7) is 1.31. The monoisotopic (exact) mass is 239 g/mol. The molecule has 0 aromatic heterocycles. The van der Waals surface area contributed by atoms with Crippen LogP contribution in [0.25, 0.3) is 0 Å². The minimum Gasteiger partial charge on any atom is -0.456 e. The summed E-state index contributed by atoms with van der Waals surface area (Å²) in [5.41, 5.74) is 6.22. The first-order valence-electron chi connectivity index (χ1n) is 5.44. The number of benzene rings is 1. The highest BCUT2D eigenvalue weighted by Crippen LogP contribution is 2.15. The molecule has 4 N–H and O–H groups in total. The highest BCUT2D eigenvalue weighted by molar-refractivity contribution is 5.95. The Morgan fingerprint density at radius 2 is 2.12 bits per heavy atom. The number of carbonyl (C=O) groups is 1. The van der Waals surface area contributed by atoms with Crippen molar-refractivity contribution < 1.29 is 19.7 Å². The predicted molar refractivity (Wildman–Crippen MR) is 63.4 cm³/mol. The van der Waals surface area contributed by atoms with Gasteiger partial charge in [-0.3, -0.25) is 0 Å². The fourth-order valence-corrected chi connectivity index (χ4v) is 1.44. The number of hydrogen-bond acceptors (Lipinski definition) is 5. The van der Waals surface area contributed by atoms with Gasteiger partial charge in [0, 0.05) is 5.69 Å². The number of aliphatic hydroxyl groups is 2. The molecule has 0 aliphatic rings. The molecule has 0 aliphatic carbocycles. The fraction of sp³-hybridized carbons (Fsp3) is 0.417. The van der Waals surface area contributed by atoms with Crippen LogP contribution in [0, 0.1) is 0 Å². The smallest absolute Gasteiger partial charge is 0.340 e. The van der Waals surface area contributed by atoms with E-state index in [2.05, 4.69) is 0 Å². The van der Waals surface area contributed by atoms with Crippen molar-refractivity contribution in [3.05, 3.63) is 29.8 Å². The summed E-state index contributed by atoms with van der Waals surface area (Å²) >= 11 is 0. The standard InChI is InChI=1S/C12H17NO4/c1-2-11(10(15)7-14)17-12(16)8-5-3-4-6-9(8)13/h3-6,10-11,14-15H,2,7,13H2,1H3. The van der Waals surface area contributed by atoms with E-state index in [0.717, 1.165) is 0 Å². The summed E-state index contributed by atoms with van der Waals surface area (Å²) in [5.74, 6) is -0.595. The first-order chi connectivity index (χ1) is 8.10. The van der Waals surface area contributed by atoms with Crippen LogP contribution in [0.5, 0.6) is 0 Å². The number of carbonyl (C=O) groups excluding carboxylic acids is 1. The third-order valence-corrected chi connectivity index (χ3v) is 2.46. The molecule has 2 unspecified atom stereocenters. The largest absolute Gasteiger partial charge is 0.456 e. The van der Waals surface area contributed by atoms with Crippen LogP contribution >= 0.6 is 0 Å². The minimum atomic E-state index is -1.08. The third kappa shape index (κ3) is 3.44. The second kappa shape index (κ2) is 6.22. The van der Waals surface area contributed by atoms with E-state index in [4.69, 9.17) is 15.6 Å². The molecule has 0 spiro atoms. The lowest BCUT2D eigenvalue weighted by molar-refractivity contribution is -0.0380. The number of nitrogens with two attached hydrogens (primary N) is 1. The molecule has 0 fully saturated rings. The van der Waals surface area contributed by atoms with Gasteiger partial charge in [0.05, 0.1) is 12.2 Å². The second-order valence-electron chi connectivity index (χ2n) is 3.69. The Hall–Kier alpha value is -1.59. The molecule has 1 aromatic carbocycles. The van der Waals surface area contributed by atoms with Crippen LogP contribution in [0.4, 0.5) is 5.69 Å². The summed E-state index contributed by atoms with van der Waals surface area (Å²) in [4.78, 5) is 11.8. The van der Waals surface area contributed by atoms with E-state index in [9.17, 15) is 9.90 Å². The molecule has 1 aromatic rings. The topological polar surface area (TPSA) is 92.8 Å². The van der Waals surface area contributed by atoms with Gasteiger partial charge in [-0.2, -0.15) is 0 Å². The molecule has 0 radical (unpaired) electrons. The molecule has 0 saturated carbocycles. The molecule has 17 heavy (non-hydrogen) atoms. The lowest BCUT2D eigenvalue weighted by atomic mass is 10.1. The molecule has 0 bridgehead atoms. The zero-order valence-electron chi connectivity index (χ0n) is 9.67. The van der Waals surface area contributed by atoms with Crippen LogP contribution in [0.1, 0.15) is 23.7 Å². The zero-order valence-corrected chi connectivity index (χ0v) is 9.67. The molecule has 0 amide bonds. The maximum Gasteiger partial charge on any atom is 0.340 e. The van der Waals surface area contributed by atoms with Crippen molar-refractivity contribution >= 4 is 11.7 Å². The van der Waals surface area contributed by atoms with Gasteiger partial charge in [0.1, 0.15) is 12.2 Å². The van der Waals surface area contributed by atoms with Crippen LogP contribution in [0.2, 0.25) is 0 Å². The Kier molecular flexibility index (Phi) is 4.93. The number of ether oxygens (including phenoxy) is 1. The van der Waals surface area contributed by atoms with Gasteiger partial charge in [0.2, 0.25) is 0 Å². The summed E-state index contributed by atoms with van der Waals surface area (Å²) in [7, 11) is 0. The Bertz CT molecular complexity index is 381. The van der Waals surface area contributed by atoms with Crippen LogP contribution in [0.15, 0.2) is 24.3 Å². The number of rotatable bonds is 5. The fourth-order valence-electron chi connectivity index (χ4n) is 1.44. The van der Waals surface area contributed by atoms with Gasteiger partial charge in [-0.05, 0) is 18.6 Å². The summed E-state index contributed by atoms with van der Waals surface area (Å²) in [6, 6.07) is 6.54. The van der Waals surface area contributed by atoms with E-state index < -0.39 is 24.8 Å². The lowest BCUT2D eigenvalue weighted by Gasteiger charge is -2.20. The van der Waals surface area contributed by atoms with E-state index in [1.807, 2.05) is 0 Å². The Morgan fingerprint density at radius 3 is 2.65 bits per heavy atom. The number of aliphatic hydroxyl groups excluding tert-OH is 2. The lowest BCUT2D eigenvalue weighted by Crippen LogP contribution is -2.33.